The van der Waals surface area contributed by atoms with Crippen molar-refractivity contribution in [2.24, 2.45) is 22.5 Å². The predicted octanol–water partition coefficient (Wildman–Crippen LogP) is 4.17. The highest BCUT2D eigenvalue weighted by molar-refractivity contribution is 4.91. The maximum atomic E-state index is 5.73. The fourth-order valence-electron chi connectivity index (χ4n) is 3.29. The molecule has 3 heteroatoms. The lowest BCUT2D eigenvalue weighted by Crippen LogP contribution is -2.55. The van der Waals surface area contributed by atoms with Crippen molar-refractivity contribution < 1.29 is 0 Å². The normalized spacial score (nSPS) is 16.7. The smallest absolute Gasteiger partial charge is 0.0139 e. The Balaban J connectivity index is 4.62. The van der Waals surface area contributed by atoms with Crippen LogP contribution in [0.5, 0.6) is 0 Å². The molecule has 0 aliphatic carbocycles. The molecule has 0 rings (SSSR count). The highest BCUT2D eigenvalue weighted by atomic mass is 15.0. The topological polar surface area (TPSA) is 50.1 Å². The Morgan fingerprint density at radius 2 is 1.35 bits per heavy atom. The lowest BCUT2D eigenvalue weighted by atomic mass is 9.77. The molecule has 0 aromatic rings. The van der Waals surface area contributed by atoms with Gasteiger partial charge in [0, 0.05) is 24.2 Å². The van der Waals surface area contributed by atoms with E-state index in [1.807, 2.05) is 0 Å². The number of rotatable bonds is 11. The Labute approximate surface area is 146 Å². The van der Waals surface area contributed by atoms with E-state index < -0.39 is 0 Å². The molecule has 0 aromatic heterocycles. The third kappa shape index (κ3) is 8.51. The zero-order chi connectivity index (χ0) is 18.5. The van der Waals surface area contributed by atoms with Crippen molar-refractivity contribution in [3.63, 3.8) is 0 Å². The fourth-order valence-corrected chi connectivity index (χ4v) is 3.29. The van der Waals surface area contributed by atoms with Gasteiger partial charge < -0.3 is 16.4 Å². The third-order valence-corrected chi connectivity index (χ3v) is 5.52. The van der Waals surface area contributed by atoms with E-state index in [9.17, 15) is 0 Å². The number of nitrogens with two attached hydrogens (primary N) is 1. The van der Waals surface area contributed by atoms with Gasteiger partial charge in [0.15, 0.2) is 0 Å². The summed E-state index contributed by atoms with van der Waals surface area (Å²) in [6.07, 6.45) is 2.25. The second-order valence-corrected chi connectivity index (χ2v) is 9.97. The molecule has 0 aromatic carbocycles. The molecular formula is C20H45N3. The van der Waals surface area contributed by atoms with Crippen LogP contribution in [-0.4, -0.2) is 30.7 Å². The predicted molar refractivity (Wildman–Crippen MR) is 105 cm³/mol. The van der Waals surface area contributed by atoms with Gasteiger partial charge in [-0.25, -0.2) is 0 Å². The van der Waals surface area contributed by atoms with Crippen molar-refractivity contribution in [3.05, 3.63) is 0 Å². The molecule has 0 fully saturated rings. The van der Waals surface area contributed by atoms with Crippen LogP contribution in [0.1, 0.15) is 82.1 Å². The van der Waals surface area contributed by atoms with Crippen LogP contribution in [0.15, 0.2) is 0 Å². The summed E-state index contributed by atoms with van der Waals surface area (Å²) in [6.45, 7) is 24.9. The highest BCUT2D eigenvalue weighted by Gasteiger charge is 2.32. The lowest BCUT2D eigenvalue weighted by Gasteiger charge is -2.41. The maximum Gasteiger partial charge on any atom is 0.0139 e. The summed E-state index contributed by atoms with van der Waals surface area (Å²) in [4.78, 5) is 0. The first kappa shape index (κ1) is 22.9. The molecule has 0 aliphatic rings. The molecule has 0 aliphatic heterocycles. The maximum absolute atomic E-state index is 5.73. The highest BCUT2D eigenvalue weighted by Crippen LogP contribution is 2.30. The molecule has 0 saturated carbocycles. The van der Waals surface area contributed by atoms with Crippen LogP contribution >= 0.6 is 0 Å². The van der Waals surface area contributed by atoms with E-state index in [4.69, 9.17) is 5.73 Å². The summed E-state index contributed by atoms with van der Waals surface area (Å²) in [6, 6.07) is 0.936. The first-order valence-electron chi connectivity index (χ1n) is 9.44. The van der Waals surface area contributed by atoms with Crippen molar-refractivity contribution in [1.29, 1.82) is 0 Å². The summed E-state index contributed by atoms with van der Waals surface area (Å²) in [5.74, 6) is 0.736. The van der Waals surface area contributed by atoms with Crippen LogP contribution < -0.4 is 16.4 Å². The van der Waals surface area contributed by atoms with Crippen molar-refractivity contribution >= 4 is 0 Å². The fraction of sp³-hybridized carbons (Fsp3) is 1.00. The van der Waals surface area contributed by atoms with E-state index in [0.717, 1.165) is 25.4 Å². The van der Waals surface area contributed by atoms with Crippen molar-refractivity contribution in [3.8, 4) is 0 Å². The van der Waals surface area contributed by atoms with Gasteiger partial charge in [0.1, 0.15) is 0 Å². The number of hydrogen-bond acceptors (Lipinski definition) is 3. The minimum atomic E-state index is 0.0912. The van der Waals surface area contributed by atoms with Gasteiger partial charge >= 0.3 is 0 Å². The van der Waals surface area contributed by atoms with Crippen LogP contribution in [0, 0.1) is 16.7 Å². The molecule has 2 atom stereocenters. The summed E-state index contributed by atoms with van der Waals surface area (Å²) < 4.78 is 0. The Hall–Kier alpha value is -0.120. The summed E-state index contributed by atoms with van der Waals surface area (Å²) >= 11 is 0. The Kier molecular flexibility index (Phi) is 8.78. The van der Waals surface area contributed by atoms with Crippen molar-refractivity contribution in [1.82, 2.24) is 10.6 Å². The van der Waals surface area contributed by atoms with Gasteiger partial charge in [0.2, 0.25) is 0 Å². The SMILES string of the molecule is CC(C)CC(C)(C)C(C)NCC(C)(C)C(C)NC(C)(C)CCN. The first-order valence-corrected chi connectivity index (χ1v) is 9.44. The summed E-state index contributed by atoms with van der Waals surface area (Å²) in [7, 11) is 0. The molecule has 0 spiro atoms. The Morgan fingerprint density at radius 1 is 0.826 bits per heavy atom. The monoisotopic (exact) mass is 327 g/mol. The van der Waals surface area contributed by atoms with E-state index in [1.165, 1.54) is 6.42 Å². The minimum Gasteiger partial charge on any atom is -0.330 e. The number of hydrogen-bond donors (Lipinski definition) is 3. The Morgan fingerprint density at radius 3 is 1.78 bits per heavy atom. The van der Waals surface area contributed by atoms with Crippen LogP contribution in [0.3, 0.4) is 0 Å². The van der Waals surface area contributed by atoms with Gasteiger partial charge in [0.05, 0.1) is 0 Å². The van der Waals surface area contributed by atoms with Crippen LogP contribution in [0.25, 0.3) is 0 Å². The van der Waals surface area contributed by atoms with E-state index in [1.54, 1.807) is 0 Å². The molecule has 0 saturated heterocycles. The summed E-state index contributed by atoms with van der Waals surface area (Å²) in [5.41, 5.74) is 6.33. The molecule has 0 heterocycles. The average Bonchev–Trinajstić information content (AvgIpc) is 2.33. The molecule has 140 valence electrons. The first-order chi connectivity index (χ1) is 10.2. The van der Waals surface area contributed by atoms with E-state index in [-0.39, 0.29) is 11.0 Å². The van der Waals surface area contributed by atoms with Gasteiger partial charge in [-0.2, -0.15) is 0 Å². The zero-order valence-electron chi connectivity index (χ0n) is 17.6. The largest absolute Gasteiger partial charge is 0.330 e. The second-order valence-electron chi connectivity index (χ2n) is 9.97. The quantitative estimate of drug-likeness (QED) is 0.534. The third-order valence-electron chi connectivity index (χ3n) is 5.52. The molecule has 0 radical (unpaired) electrons. The van der Waals surface area contributed by atoms with E-state index in [0.29, 0.717) is 17.5 Å². The minimum absolute atomic E-state index is 0.0912. The molecule has 2 unspecified atom stereocenters. The van der Waals surface area contributed by atoms with Gasteiger partial charge in [-0.15, -0.1) is 0 Å². The lowest BCUT2D eigenvalue weighted by molar-refractivity contribution is 0.157. The van der Waals surface area contributed by atoms with E-state index >= 15 is 0 Å². The van der Waals surface area contributed by atoms with Crippen LogP contribution in [-0.2, 0) is 0 Å². The summed E-state index contributed by atoms with van der Waals surface area (Å²) in [5, 5.41) is 7.57. The molecule has 3 nitrogen and oxygen atoms in total. The average molecular weight is 328 g/mol. The molecule has 0 amide bonds. The molecule has 23 heavy (non-hydrogen) atoms. The van der Waals surface area contributed by atoms with Gasteiger partial charge in [-0.1, -0.05) is 41.5 Å². The van der Waals surface area contributed by atoms with Crippen LogP contribution in [0.2, 0.25) is 0 Å². The van der Waals surface area contributed by atoms with Crippen molar-refractivity contribution in [2.75, 3.05) is 13.1 Å². The molecule has 0 bridgehead atoms. The zero-order valence-corrected chi connectivity index (χ0v) is 17.6. The molecular weight excluding hydrogens is 282 g/mol. The Bertz CT molecular complexity index is 332. The standard InChI is InChI=1S/C20H45N3/c1-15(2)13-18(5,6)16(3)22-14-19(7,8)17(4)23-20(9,10)11-12-21/h15-17,22-23H,11-14,21H2,1-10H3. The van der Waals surface area contributed by atoms with E-state index in [2.05, 4.69) is 79.9 Å². The van der Waals surface area contributed by atoms with Gasteiger partial charge in [-0.05, 0) is 63.8 Å². The molecule has 4 N–H and O–H groups in total. The second kappa shape index (κ2) is 8.82. The van der Waals surface area contributed by atoms with Crippen LogP contribution in [0.4, 0.5) is 0 Å². The van der Waals surface area contributed by atoms with Gasteiger partial charge in [-0.3, -0.25) is 0 Å². The number of nitrogens with one attached hydrogen (secondary N) is 2. The van der Waals surface area contributed by atoms with Gasteiger partial charge in [0.25, 0.3) is 0 Å². The van der Waals surface area contributed by atoms with Crippen molar-refractivity contribution in [2.45, 2.75) is 99.7 Å².